The first-order valence-corrected chi connectivity index (χ1v) is 13.5. The van der Waals surface area contributed by atoms with Gasteiger partial charge in [-0.2, -0.15) is 8.42 Å². The number of rotatable bonds is 7. The summed E-state index contributed by atoms with van der Waals surface area (Å²) in [5, 5.41) is 2.47. The highest BCUT2D eigenvalue weighted by molar-refractivity contribution is 7.86. The van der Waals surface area contributed by atoms with E-state index in [-0.39, 0.29) is 30.9 Å². The SMILES string of the molecule is CS(=O)(=O)OC1C2c3cc(F)ccc3N(c3ccc(F)cc3)C2CCN1CCCN1C(=O)CNC1=O. The Balaban J connectivity index is 1.46. The average molecular weight is 521 g/mol. The zero-order chi connectivity index (χ0) is 25.6. The van der Waals surface area contributed by atoms with Gasteiger partial charge >= 0.3 is 6.03 Å². The van der Waals surface area contributed by atoms with Crippen molar-refractivity contribution in [3.05, 3.63) is 59.7 Å². The highest BCUT2D eigenvalue weighted by Crippen LogP contribution is 2.51. The molecule has 3 aliphatic rings. The number of imide groups is 1. The van der Waals surface area contributed by atoms with Crippen LogP contribution in [0, 0.1) is 11.6 Å². The van der Waals surface area contributed by atoms with Crippen molar-refractivity contribution in [2.24, 2.45) is 0 Å². The molecule has 9 nitrogen and oxygen atoms in total. The number of amides is 3. The van der Waals surface area contributed by atoms with Crippen molar-refractivity contribution in [3.8, 4) is 0 Å². The Morgan fingerprint density at radius 3 is 2.44 bits per heavy atom. The van der Waals surface area contributed by atoms with Crippen molar-refractivity contribution in [2.45, 2.75) is 31.0 Å². The highest BCUT2D eigenvalue weighted by atomic mass is 32.2. The van der Waals surface area contributed by atoms with Crippen molar-refractivity contribution in [1.82, 2.24) is 15.1 Å². The lowest BCUT2D eigenvalue weighted by molar-refractivity contribution is -0.125. The lowest BCUT2D eigenvalue weighted by Gasteiger charge is -2.44. The van der Waals surface area contributed by atoms with E-state index in [0.29, 0.717) is 42.9 Å². The molecule has 36 heavy (non-hydrogen) atoms. The number of hydrogen-bond donors (Lipinski definition) is 1. The molecule has 2 saturated heterocycles. The van der Waals surface area contributed by atoms with E-state index in [1.807, 2.05) is 9.80 Å². The summed E-state index contributed by atoms with van der Waals surface area (Å²) in [6, 6.07) is 9.66. The van der Waals surface area contributed by atoms with Gasteiger partial charge < -0.3 is 10.2 Å². The van der Waals surface area contributed by atoms with E-state index in [1.165, 1.54) is 24.3 Å². The van der Waals surface area contributed by atoms with E-state index in [4.69, 9.17) is 4.18 Å². The molecule has 0 aromatic heterocycles. The molecule has 1 N–H and O–H groups in total. The fourth-order valence-electron chi connectivity index (χ4n) is 5.45. The van der Waals surface area contributed by atoms with Crippen LogP contribution in [-0.2, 0) is 19.1 Å². The second-order valence-electron chi connectivity index (χ2n) is 9.22. The molecular formula is C24H26F2N4O5S. The number of hydrogen-bond acceptors (Lipinski definition) is 7. The third-order valence-corrected chi connectivity index (χ3v) is 7.42. The largest absolute Gasteiger partial charge is 0.337 e. The molecular weight excluding hydrogens is 494 g/mol. The Labute approximate surface area is 207 Å². The molecule has 3 heterocycles. The van der Waals surface area contributed by atoms with Gasteiger partial charge in [-0.25, -0.2) is 13.6 Å². The number of carbonyl (C=O) groups excluding carboxylic acids is 2. The molecule has 12 heteroatoms. The summed E-state index contributed by atoms with van der Waals surface area (Å²) in [5.41, 5.74) is 2.03. The number of urea groups is 1. The summed E-state index contributed by atoms with van der Waals surface area (Å²) < 4.78 is 58.2. The fourth-order valence-corrected chi connectivity index (χ4v) is 6.05. The third-order valence-electron chi connectivity index (χ3n) is 6.88. The zero-order valence-electron chi connectivity index (χ0n) is 19.6. The quantitative estimate of drug-likeness (QED) is 0.443. The zero-order valence-corrected chi connectivity index (χ0v) is 20.4. The molecule has 0 aliphatic carbocycles. The van der Waals surface area contributed by atoms with Gasteiger partial charge in [-0.05, 0) is 60.9 Å². The van der Waals surface area contributed by atoms with Crippen molar-refractivity contribution in [3.63, 3.8) is 0 Å². The van der Waals surface area contributed by atoms with Gasteiger partial charge in [0.2, 0.25) is 5.91 Å². The minimum Gasteiger partial charge on any atom is -0.337 e. The highest BCUT2D eigenvalue weighted by Gasteiger charge is 2.50. The van der Waals surface area contributed by atoms with Crippen LogP contribution in [0.15, 0.2) is 42.5 Å². The first kappa shape index (κ1) is 24.6. The predicted molar refractivity (Wildman–Crippen MR) is 127 cm³/mol. The number of nitrogens with zero attached hydrogens (tertiary/aromatic N) is 3. The Hall–Kier alpha value is -3.09. The van der Waals surface area contributed by atoms with Gasteiger partial charge in [-0.3, -0.25) is 18.8 Å². The first-order valence-electron chi connectivity index (χ1n) is 11.7. The van der Waals surface area contributed by atoms with Gasteiger partial charge in [-0.1, -0.05) is 0 Å². The van der Waals surface area contributed by atoms with Gasteiger partial charge in [0, 0.05) is 43.0 Å². The third kappa shape index (κ3) is 4.67. The monoisotopic (exact) mass is 520 g/mol. The van der Waals surface area contributed by atoms with Crippen LogP contribution in [0.2, 0.25) is 0 Å². The van der Waals surface area contributed by atoms with Crippen LogP contribution in [0.1, 0.15) is 24.3 Å². The molecule has 3 unspecified atom stereocenters. The number of likely N-dealkylation sites (tertiary alicyclic amines) is 1. The van der Waals surface area contributed by atoms with Gasteiger partial charge in [0.15, 0.2) is 0 Å². The number of piperidine rings is 1. The average Bonchev–Trinajstić information content (AvgIpc) is 3.31. The number of halogens is 2. The van der Waals surface area contributed by atoms with Crippen LogP contribution in [0.25, 0.3) is 0 Å². The molecule has 0 spiro atoms. The van der Waals surface area contributed by atoms with Crippen molar-refractivity contribution in [1.29, 1.82) is 0 Å². The van der Waals surface area contributed by atoms with E-state index in [1.54, 1.807) is 18.2 Å². The summed E-state index contributed by atoms with van der Waals surface area (Å²) in [5.74, 6) is -1.66. The Kier molecular flexibility index (Phi) is 6.43. The Morgan fingerprint density at radius 1 is 1.06 bits per heavy atom. The van der Waals surface area contributed by atoms with Crippen LogP contribution in [0.3, 0.4) is 0 Å². The fraction of sp³-hybridized carbons (Fsp3) is 0.417. The van der Waals surface area contributed by atoms with Gasteiger partial charge in [-0.15, -0.1) is 0 Å². The maximum atomic E-state index is 14.4. The molecule has 5 rings (SSSR count). The van der Waals surface area contributed by atoms with Crippen LogP contribution in [-0.4, -0.2) is 74.9 Å². The van der Waals surface area contributed by atoms with E-state index < -0.39 is 34.1 Å². The van der Waals surface area contributed by atoms with E-state index in [9.17, 15) is 26.8 Å². The molecule has 2 aromatic carbocycles. The standard InChI is InChI=1S/C24H26F2N4O5S/c1-36(33,34)35-23-22-18-13-16(26)5-8-19(18)30(17-6-3-15(25)4-7-17)20(22)9-12-28(23)10-2-11-29-21(31)14-27-24(29)32/h3-8,13,20,22-23H,2,9-12,14H2,1H3,(H,27,32). The second kappa shape index (κ2) is 9.41. The summed E-state index contributed by atoms with van der Waals surface area (Å²) >= 11 is 0. The topological polar surface area (TPSA) is 99.3 Å². The molecule has 0 radical (unpaired) electrons. The molecule has 0 saturated carbocycles. The minimum atomic E-state index is -3.89. The van der Waals surface area contributed by atoms with E-state index >= 15 is 0 Å². The Morgan fingerprint density at radius 2 is 1.78 bits per heavy atom. The number of benzene rings is 2. The molecule has 192 valence electrons. The van der Waals surface area contributed by atoms with E-state index in [2.05, 4.69) is 5.32 Å². The number of nitrogens with one attached hydrogen (secondary N) is 1. The lowest BCUT2D eigenvalue weighted by Crippen LogP contribution is -2.53. The van der Waals surface area contributed by atoms with Crippen LogP contribution in [0.4, 0.5) is 25.0 Å². The Bertz CT molecular complexity index is 1270. The maximum Gasteiger partial charge on any atom is 0.324 e. The summed E-state index contributed by atoms with van der Waals surface area (Å²) in [6.45, 7) is 0.985. The van der Waals surface area contributed by atoms with Crippen molar-refractivity contribution < 1.29 is 31.0 Å². The maximum absolute atomic E-state index is 14.4. The molecule has 3 atom stereocenters. The number of carbonyl (C=O) groups is 2. The predicted octanol–water partition coefficient (Wildman–Crippen LogP) is 2.52. The second-order valence-corrected chi connectivity index (χ2v) is 10.8. The molecule has 2 aromatic rings. The molecule has 3 aliphatic heterocycles. The summed E-state index contributed by atoms with van der Waals surface area (Å²) in [4.78, 5) is 28.7. The molecule has 3 amide bonds. The first-order chi connectivity index (χ1) is 17.1. The normalized spacial score (nSPS) is 24.1. The van der Waals surface area contributed by atoms with Gasteiger partial charge in [0.25, 0.3) is 10.1 Å². The smallest absolute Gasteiger partial charge is 0.324 e. The van der Waals surface area contributed by atoms with Crippen LogP contribution < -0.4 is 10.2 Å². The lowest BCUT2D eigenvalue weighted by atomic mass is 9.87. The molecule has 2 fully saturated rings. The van der Waals surface area contributed by atoms with Crippen molar-refractivity contribution in [2.75, 3.05) is 37.3 Å². The summed E-state index contributed by atoms with van der Waals surface area (Å²) in [7, 11) is -3.89. The van der Waals surface area contributed by atoms with Crippen LogP contribution >= 0.6 is 0 Å². The minimum absolute atomic E-state index is 0.0340. The van der Waals surface area contributed by atoms with Crippen molar-refractivity contribution >= 4 is 33.4 Å². The molecule has 0 bridgehead atoms. The number of anilines is 2. The number of fused-ring (bicyclic) bond motifs is 3. The van der Waals surface area contributed by atoms with Gasteiger partial charge in [0.05, 0.1) is 12.8 Å². The summed E-state index contributed by atoms with van der Waals surface area (Å²) in [6.07, 6.45) is 1.07. The van der Waals surface area contributed by atoms with Gasteiger partial charge in [0.1, 0.15) is 17.9 Å². The van der Waals surface area contributed by atoms with Crippen LogP contribution in [0.5, 0.6) is 0 Å². The van der Waals surface area contributed by atoms with E-state index in [0.717, 1.165) is 11.2 Å².